The number of carbonyl (C=O) groups is 1. The van der Waals surface area contributed by atoms with E-state index in [1.165, 1.54) is 12.0 Å². The molecule has 1 aromatic heterocycles. The van der Waals surface area contributed by atoms with Crippen molar-refractivity contribution < 1.29 is 9.53 Å². The smallest absolute Gasteiger partial charge is 0.308 e. The van der Waals surface area contributed by atoms with Crippen molar-refractivity contribution in [3.05, 3.63) is 16.1 Å². The second-order valence-corrected chi connectivity index (χ2v) is 6.78. The molecule has 2 heterocycles. The van der Waals surface area contributed by atoms with E-state index in [1.807, 2.05) is 6.20 Å². The molecule has 1 fully saturated rings. The maximum absolute atomic E-state index is 11.6. The van der Waals surface area contributed by atoms with Gasteiger partial charge in [0.2, 0.25) is 0 Å². The summed E-state index contributed by atoms with van der Waals surface area (Å²) in [6.45, 7) is 4.63. The molecule has 0 saturated carbocycles. The lowest BCUT2D eigenvalue weighted by Gasteiger charge is -2.33. The van der Waals surface area contributed by atoms with E-state index in [4.69, 9.17) is 4.74 Å². The van der Waals surface area contributed by atoms with Crippen molar-refractivity contribution in [3.63, 3.8) is 0 Å². The van der Waals surface area contributed by atoms with E-state index in [0.717, 1.165) is 56.3 Å². The molecule has 6 nitrogen and oxygen atoms in total. The zero-order chi connectivity index (χ0) is 16.7. The first-order valence-electron chi connectivity index (χ1n) is 8.15. The average Bonchev–Trinajstić information content (AvgIpc) is 3.06. The number of hydrogen-bond acceptors (Lipinski definition) is 5. The van der Waals surface area contributed by atoms with Gasteiger partial charge in [0, 0.05) is 44.2 Å². The molecular weight excluding hydrogens is 312 g/mol. The number of nitrogens with zero attached hydrogens (tertiary/aromatic N) is 3. The fourth-order valence-electron chi connectivity index (χ4n) is 2.73. The topological polar surface area (TPSA) is 66.8 Å². The molecular formula is C16H26N4O2S. The predicted molar refractivity (Wildman–Crippen MR) is 92.9 cm³/mol. The second-order valence-electron chi connectivity index (χ2n) is 5.58. The zero-order valence-electron chi connectivity index (χ0n) is 14.2. The van der Waals surface area contributed by atoms with Gasteiger partial charge in [-0.3, -0.25) is 9.79 Å². The van der Waals surface area contributed by atoms with Crippen LogP contribution < -0.4 is 5.32 Å². The molecule has 1 aliphatic heterocycles. The summed E-state index contributed by atoms with van der Waals surface area (Å²) in [5.74, 6) is 0.834. The molecule has 0 spiro atoms. The molecule has 0 unspecified atom stereocenters. The van der Waals surface area contributed by atoms with Gasteiger partial charge >= 0.3 is 5.97 Å². The molecule has 0 amide bonds. The summed E-state index contributed by atoms with van der Waals surface area (Å²) in [7, 11) is 3.26. The van der Waals surface area contributed by atoms with Gasteiger partial charge in [0.15, 0.2) is 5.96 Å². The van der Waals surface area contributed by atoms with Crippen LogP contribution in [0.1, 0.15) is 29.7 Å². The van der Waals surface area contributed by atoms with Gasteiger partial charge in [-0.25, -0.2) is 4.98 Å². The van der Waals surface area contributed by atoms with Crippen LogP contribution in [0.25, 0.3) is 0 Å². The molecule has 128 valence electrons. The Hall–Kier alpha value is -1.63. The number of aryl methyl sites for hydroxylation is 1. The fraction of sp³-hybridized carbons (Fsp3) is 0.688. The number of esters is 1. The maximum Gasteiger partial charge on any atom is 0.308 e. The van der Waals surface area contributed by atoms with E-state index in [9.17, 15) is 4.79 Å². The van der Waals surface area contributed by atoms with E-state index in [-0.39, 0.29) is 11.9 Å². The van der Waals surface area contributed by atoms with Crippen molar-refractivity contribution >= 4 is 23.3 Å². The minimum Gasteiger partial charge on any atom is -0.469 e. The van der Waals surface area contributed by atoms with Crippen LogP contribution in [0.3, 0.4) is 0 Å². The minimum atomic E-state index is -0.0944. The Morgan fingerprint density at radius 1 is 1.52 bits per heavy atom. The molecule has 1 aromatic rings. The average molecular weight is 338 g/mol. The van der Waals surface area contributed by atoms with Gasteiger partial charge in [-0.1, -0.05) is 6.92 Å². The summed E-state index contributed by atoms with van der Waals surface area (Å²) >= 11 is 1.78. The van der Waals surface area contributed by atoms with E-state index < -0.39 is 0 Å². The van der Waals surface area contributed by atoms with Gasteiger partial charge in [-0.2, -0.15) is 0 Å². The molecule has 23 heavy (non-hydrogen) atoms. The Kier molecular flexibility index (Phi) is 6.83. The zero-order valence-corrected chi connectivity index (χ0v) is 15.0. The highest BCUT2D eigenvalue weighted by Crippen LogP contribution is 2.18. The molecule has 0 bridgehead atoms. The monoisotopic (exact) mass is 338 g/mol. The van der Waals surface area contributed by atoms with Crippen LogP contribution in [0.15, 0.2) is 11.2 Å². The third kappa shape index (κ3) is 4.92. The number of piperidine rings is 1. The summed E-state index contributed by atoms with van der Waals surface area (Å²) in [4.78, 5) is 23.9. The van der Waals surface area contributed by atoms with Crippen LogP contribution in [0.5, 0.6) is 0 Å². The van der Waals surface area contributed by atoms with Crippen molar-refractivity contribution in [3.8, 4) is 0 Å². The molecule has 0 atom stereocenters. The Balaban J connectivity index is 1.76. The van der Waals surface area contributed by atoms with Crippen molar-refractivity contribution in [1.82, 2.24) is 15.2 Å². The first-order valence-corrected chi connectivity index (χ1v) is 8.96. The van der Waals surface area contributed by atoms with E-state index in [0.29, 0.717) is 0 Å². The summed E-state index contributed by atoms with van der Waals surface area (Å²) in [5, 5.41) is 4.56. The molecule has 7 heteroatoms. The number of hydrogen-bond donors (Lipinski definition) is 1. The summed E-state index contributed by atoms with van der Waals surface area (Å²) in [6, 6.07) is 0. The Bertz CT molecular complexity index is 536. The first kappa shape index (κ1) is 17.7. The Labute approximate surface area is 142 Å². The van der Waals surface area contributed by atoms with E-state index in [2.05, 4.69) is 27.1 Å². The van der Waals surface area contributed by atoms with Gasteiger partial charge in [-0.05, 0) is 19.3 Å². The number of ether oxygens (including phenoxy) is 1. The van der Waals surface area contributed by atoms with Crippen LogP contribution in [-0.2, 0) is 22.4 Å². The largest absolute Gasteiger partial charge is 0.469 e. The van der Waals surface area contributed by atoms with Crippen molar-refractivity contribution in [2.45, 2.75) is 32.6 Å². The molecule has 0 aromatic carbocycles. The van der Waals surface area contributed by atoms with Crippen LogP contribution in [-0.4, -0.2) is 55.6 Å². The van der Waals surface area contributed by atoms with Crippen LogP contribution >= 0.6 is 11.3 Å². The highest BCUT2D eigenvalue weighted by Gasteiger charge is 2.26. The number of aromatic nitrogens is 1. The molecule has 0 aliphatic carbocycles. The van der Waals surface area contributed by atoms with E-state index >= 15 is 0 Å². The van der Waals surface area contributed by atoms with Gasteiger partial charge in [0.1, 0.15) is 0 Å². The van der Waals surface area contributed by atoms with Crippen LogP contribution in [0.2, 0.25) is 0 Å². The number of likely N-dealkylation sites (tertiary alicyclic amines) is 1. The first-order chi connectivity index (χ1) is 11.2. The second kappa shape index (κ2) is 8.86. The van der Waals surface area contributed by atoms with Crippen LogP contribution in [0.4, 0.5) is 0 Å². The Morgan fingerprint density at radius 3 is 2.83 bits per heavy atom. The Morgan fingerprint density at radius 2 is 2.26 bits per heavy atom. The number of aliphatic imine (C=N–C) groups is 1. The highest BCUT2D eigenvalue weighted by molar-refractivity contribution is 7.11. The number of carbonyl (C=O) groups excluding carboxylic acids is 1. The molecule has 1 aliphatic rings. The van der Waals surface area contributed by atoms with Gasteiger partial charge < -0.3 is 15.0 Å². The van der Waals surface area contributed by atoms with Crippen molar-refractivity contribution in [2.75, 3.05) is 33.8 Å². The third-order valence-electron chi connectivity index (χ3n) is 4.11. The molecule has 0 radical (unpaired) electrons. The van der Waals surface area contributed by atoms with Crippen molar-refractivity contribution in [1.29, 1.82) is 0 Å². The summed E-state index contributed by atoms with van der Waals surface area (Å²) in [6.07, 6.45) is 5.55. The summed E-state index contributed by atoms with van der Waals surface area (Å²) in [5.41, 5.74) is 0. The normalized spacial score (nSPS) is 16.5. The third-order valence-corrected chi connectivity index (χ3v) is 5.31. The quantitative estimate of drug-likeness (QED) is 0.503. The number of methoxy groups -OCH3 is 1. The number of rotatable bonds is 5. The number of guanidine groups is 1. The molecule has 1 saturated heterocycles. The standard InChI is InChI=1S/C16H26N4O2S/c1-4-13-11-19-14(23-13)5-8-18-16(17-2)20-9-6-12(7-10-20)15(21)22-3/h11-12H,4-10H2,1-3H3,(H,17,18). The van der Waals surface area contributed by atoms with E-state index in [1.54, 1.807) is 18.4 Å². The molecule has 2 rings (SSSR count). The minimum absolute atomic E-state index is 0.0251. The molecule has 1 N–H and O–H groups in total. The van der Waals surface area contributed by atoms with Gasteiger partial charge in [0.25, 0.3) is 0 Å². The fourth-order valence-corrected chi connectivity index (χ4v) is 3.60. The lowest BCUT2D eigenvalue weighted by Crippen LogP contribution is -2.47. The highest BCUT2D eigenvalue weighted by atomic mass is 32.1. The maximum atomic E-state index is 11.6. The number of thiazole rings is 1. The SMILES string of the molecule is CCc1cnc(CCNC(=NC)N2CCC(C(=O)OC)CC2)s1. The van der Waals surface area contributed by atoms with Crippen molar-refractivity contribution in [2.24, 2.45) is 10.9 Å². The van der Waals surface area contributed by atoms with Gasteiger partial charge in [-0.15, -0.1) is 11.3 Å². The summed E-state index contributed by atoms with van der Waals surface area (Å²) < 4.78 is 4.83. The lowest BCUT2D eigenvalue weighted by atomic mass is 9.97. The predicted octanol–water partition coefficient (Wildman–Crippen LogP) is 1.71. The van der Waals surface area contributed by atoms with Gasteiger partial charge in [0.05, 0.1) is 18.0 Å². The lowest BCUT2D eigenvalue weighted by molar-refractivity contribution is -0.146. The number of nitrogens with one attached hydrogen (secondary N) is 1. The van der Waals surface area contributed by atoms with Crippen LogP contribution in [0, 0.1) is 5.92 Å².